The van der Waals surface area contributed by atoms with Crippen molar-refractivity contribution < 1.29 is 13.3 Å². The van der Waals surface area contributed by atoms with Crippen molar-refractivity contribution in [3.8, 4) is 0 Å². The van der Waals surface area contributed by atoms with Crippen molar-refractivity contribution >= 4 is 32.8 Å². The van der Waals surface area contributed by atoms with E-state index in [0.29, 0.717) is 11.4 Å². The van der Waals surface area contributed by atoms with Crippen LogP contribution in [0.1, 0.15) is 23.6 Å². The van der Waals surface area contributed by atoms with Gasteiger partial charge in [0.05, 0.1) is 22.0 Å². The van der Waals surface area contributed by atoms with E-state index in [9.17, 15) is 18.5 Å². The lowest BCUT2D eigenvalue weighted by atomic mass is 10.1. The van der Waals surface area contributed by atoms with E-state index in [0.717, 1.165) is 22.8 Å². The molecule has 2 N–H and O–H groups in total. The minimum Gasteiger partial charge on any atom is -0.279 e. The first-order valence-corrected chi connectivity index (χ1v) is 10.7. The number of anilines is 2. The van der Waals surface area contributed by atoms with E-state index >= 15 is 0 Å². The van der Waals surface area contributed by atoms with Crippen LogP contribution in [0.25, 0.3) is 0 Å². The molecule has 0 aliphatic heterocycles. The number of hydrogen-bond donors (Lipinski definition) is 2. The minimum atomic E-state index is -4.15. The second-order valence-corrected chi connectivity index (χ2v) is 8.56. The number of nitro benzene ring substituents is 1. The first-order valence-electron chi connectivity index (χ1n) is 9.26. The summed E-state index contributed by atoms with van der Waals surface area (Å²) >= 11 is 0. The number of hydrazone groups is 1. The maximum absolute atomic E-state index is 13.1. The van der Waals surface area contributed by atoms with E-state index in [2.05, 4.69) is 20.2 Å². The van der Waals surface area contributed by atoms with Crippen LogP contribution in [-0.4, -0.2) is 24.0 Å². The number of pyridine rings is 1. The Morgan fingerprint density at radius 1 is 1.10 bits per heavy atom. The second-order valence-electron chi connectivity index (χ2n) is 6.91. The lowest BCUT2D eigenvalue weighted by molar-refractivity contribution is -0.385. The van der Waals surface area contributed by atoms with Gasteiger partial charge in [-0.3, -0.25) is 25.2 Å². The molecule has 0 saturated carbocycles. The molecule has 1 aromatic heterocycles. The predicted octanol–water partition coefficient (Wildman–Crippen LogP) is 4.24. The van der Waals surface area contributed by atoms with Gasteiger partial charge in [-0.05, 0) is 44.5 Å². The molecule has 0 spiro atoms. The summed E-state index contributed by atoms with van der Waals surface area (Å²) in [7, 11) is -4.15. The van der Waals surface area contributed by atoms with Gasteiger partial charge in [0.1, 0.15) is 4.90 Å². The van der Waals surface area contributed by atoms with Gasteiger partial charge in [-0.1, -0.05) is 23.8 Å². The van der Waals surface area contributed by atoms with Gasteiger partial charge < -0.3 is 0 Å². The van der Waals surface area contributed by atoms with Gasteiger partial charge in [0.15, 0.2) is 0 Å². The molecule has 0 amide bonds. The van der Waals surface area contributed by atoms with Gasteiger partial charge in [0, 0.05) is 30.1 Å². The van der Waals surface area contributed by atoms with Crippen molar-refractivity contribution in [3.63, 3.8) is 0 Å². The number of sulfonamides is 1. The number of non-ortho nitro benzene ring substituents is 1. The Morgan fingerprint density at radius 3 is 2.48 bits per heavy atom. The van der Waals surface area contributed by atoms with E-state index in [1.54, 1.807) is 44.4 Å². The Morgan fingerprint density at radius 2 is 1.84 bits per heavy atom. The maximum Gasteiger partial charge on any atom is 0.270 e. The summed E-state index contributed by atoms with van der Waals surface area (Å²) in [4.78, 5) is 14.3. The number of aryl methyl sites for hydroxylation is 2. The van der Waals surface area contributed by atoms with Gasteiger partial charge in [0.25, 0.3) is 15.7 Å². The number of nitrogens with one attached hydrogen (secondary N) is 2. The maximum atomic E-state index is 13.1. The number of rotatable bonds is 7. The van der Waals surface area contributed by atoms with E-state index in [1.165, 1.54) is 12.1 Å². The van der Waals surface area contributed by atoms with E-state index in [4.69, 9.17) is 0 Å². The van der Waals surface area contributed by atoms with Gasteiger partial charge in [-0.25, -0.2) is 8.42 Å². The molecular formula is C21H21N5O4S. The van der Waals surface area contributed by atoms with Crippen molar-refractivity contribution in [1.82, 2.24) is 4.98 Å². The van der Waals surface area contributed by atoms with Crippen molar-refractivity contribution in [3.05, 3.63) is 87.7 Å². The van der Waals surface area contributed by atoms with E-state index in [1.807, 2.05) is 19.1 Å². The highest BCUT2D eigenvalue weighted by Crippen LogP contribution is 2.29. The number of nitrogens with zero attached hydrogens (tertiary/aromatic N) is 3. The van der Waals surface area contributed by atoms with Crippen LogP contribution in [0.15, 0.2) is 70.9 Å². The molecule has 0 radical (unpaired) electrons. The molecule has 3 rings (SSSR count). The predicted molar refractivity (Wildman–Crippen MR) is 120 cm³/mol. The van der Waals surface area contributed by atoms with Gasteiger partial charge in [-0.2, -0.15) is 5.10 Å². The smallest absolute Gasteiger partial charge is 0.270 e. The number of nitro groups is 1. The molecule has 0 unspecified atom stereocenters. The number of hydrogen-bond acceptors (Lipinski definition) is 7. The monoisotopic (exact) mass is 439 g/mol. The quantitative estimate of drug-likeness (QED) is 0.322. The van der Waals surface area contributed by atoms with Gasteiger partial charge in [0.2, 0.25) is 0 Å². The average molecular weight is 439 g/mol. The van der Waals surface area contributed by atoms with E-state index < -0.39 is 14.9 Å². The third kappa shape index (κ3) is 5.23. The zero-order valence-electron chi connectivity index (χ0n) is 17.2. The molecule has 1 heterocycles. The van der Waals surface area contributed by atoms with Gasteiger partial charge in [-0.15, -0.1) is 0 Å². The molecule has 160 valence electrons. The molecule has 0 aliphatic rings. The van der Waals surface area contributed by atoms with Crippen LogP contribution in [0.5, 0.6) is 0 Å². The zero-order chi connectivity index (χ0) is 22.6. The molecule has 9 nitrogen and oxygen atoms in total. The second kappa shape index (κ2) is 8.92. The topological polar surface area (TPSA) is 127 Å². The highest BCUT2D eigenvalue weighted by atomic mass is 32.2. The molecule has 0 atom stereocenters. The Kier molecular flexibility index (Phi) is 6.30. The third-order valence-corrected chi connectivity index (χ3v) is 5.92. The van der Waals surface area contributed by atoms with Crippen molar-refractivity contribution in [2.24, 2.45) is 5.10 Å². The summed E-state index contributed by atoms with van der Waals surface area (Å²) in [6.45, 7) is 5.41. The fraction of sp³-hybridized carbons (Fsp3) is 0.143. The summed E-state index contributed by atoms with van der Waals surface area (Å²) in [5.41, 5.74) is 5.88. The molecule has 10 heteroatoms. The van der Waals surface area contributed by atoms with Crippen molar-refractivity contribution in [2.45, 2.75) is 25.7 Å². The molecule has 3 aromatic rings. The molecule has 0 fully saturated rings. The lowest BCUT2D eigenvalue weighted by Crippen LogP contribution is -2.16. The fourth-order valence-electron chi connectivity index (χ4n) is 2.85. The van der Waals surface area contributed by atoms with Gasteiger partial charge >= 0.3 is 0 Å². The standard InChI is InChI=1S/C21H21N5O4S/c1-14-6-8-19(15(2)11-14)25-31(29,30)21-12-18(26(27)28)7-9-20(21)24-23-16(3)17-5-4-10-22-13-17/h4-13,24-25H,1-3H3. The van der Waals surface area contributed by atoms with Crippen LogP contribution in [-0.2, 0) is 10.0 Å². The Labute approximate surface area is 180 Å². The average Bonchev–Trinajstić information content (AvgIpc) is 2.74. The molecule has 2 aromatic carbocycles. The largest absolute Gasteiger partial charge is 0.279 e. The Hall–Kier alpha value is -3.79. The zero-order valence-corrected chi connectivity index (χ0v) is 18.0. The van der Waals surface area contributed by atoms with Crippen molar-refractivity contribution in [1.29, 1.82) is 0 Å². The fourth-order valence-corrected chi connectivity index (χ4v) is 4.16. The van der Waals surface area contributed by atoms with Crippen LogP contribution >= 0.6 is 0 Å². The summed E-state index contributed by atoms with van der Waals surface area (Å²) in [5, 5.41) is 15.4. The normalized spacial score (nSPS) is 11.8. The summed E-state index contributed by atoms with van der Waals surface area (Å²) in [6, 6.07) is 12.4. The first kappa shape index (κ1) is 21.9. The summed E-state index contributed by atoms with van der Waals surface area (Å²) < 4.78 is 28.7. The van der Waals surface area contributed by atoms with Crippen molar-refractivity contribution in [2.75, 3.05) is 10.1 Å². The molecule has 31 heavy (non-hydrogen) atoms. The minimum absolute atomic E-state index is 0.103. The molecule has 0 saturated heterocycles. The lowest BCUT2D eigenvalue weighted by Gasteiger charge is -2.14. The van der Waals surface area contributed by atoms with Crippen LogP contribution < -0.4 is 10.1 Å². The van der Waals surface area contributed by atoms with Crippen LogP contribution in [0, 0.1) is 24.0 Å². The number of benzene rings is 2. The Bertz CT molecular complexity index is 1260. The third-order valence-electron chi connectivity index (χ3n) is 4.52. The van der Waals surface area contributed by atoms with Crippen LogP contribution in [0.4, 0.5) is 17.1 Å². The molecular weight excluding hydrogens is 418 g/mol. The number of aromatic nitrogens is 1. The van der Waals surface area contributed by atoms with E-state index in [-0.39, 0.29) is 16.3 Å². The first-order chi connectivity index (χ1) is 14.7. The highest BCUT2D eigenvalue weighted by molar-refractivity contribution is 7.92. The van der Waals surface area contributed by atoms with Crippen LogP contribution in [0.2, 0.25) is 0 Å². The van der Waals surface area contributed by atoms with Crippen LogP contribution in [0.3, 0.4) is 0 Å². The molecule has 0 bridgehead atoms. The highest BCUT2D eigenvalue weighted by Gasteiger charge is 2.23. The Balaban J connectivity index is 2.00. The molecule has 0 aliphatic carbocycles. The summed E-state index contributed by atoms with van der Waals surface area (Å²) in [5.74, 6) is 0. The summed E-state index contributed by atoms with van der Waals surface area (Å²) in [6.07, 6.45) is 3.25. The SMILES string of the molecule is CC(=NNc1ccc([N+](=O)[O-])cc1S(=O)(=O)Nc1ccc(C)cc1C)c1cccnc1.